The van der Waals surface area contributed by atoms with E-state index in [0.29, 0.717) is 51.0 Å². The van der Waals surface area contributed by atoms with Crippen molar-refractivity contribution in [2.24, 2.45) is 0 Å². The van der Waals surface area contributed by atoms with Crippen LogP contribution < -0.4 is 25.4 Å². The number of carbonyl (C=O) groups is 2. The van der Waals surface area contributed by atoms with E-state index in [9.17, 15) is 14.7 Å². The number of hydrogen-bond donors (Lipinski definition) is 4. The highest BCUT2D eigenvalue weighted by Crippen LogP contribution is 2.35. The van der Waals surface area contributed by atoms with Gasteiger partial charge in [-0.25, -0.2) is 4.79 Å². The van der Waals surface area contributed by atoms with E-state index in [-0.39, 0.29) is 18.5 Å². The Balaban J connectivity index is 1.57. The number of halogens is 1. The van der Waals surface area contributed by atoms with Gasteiger partial charge in [-0.1, -0.05) is 11.6 Å². The Hall–Kier alpha value is -3.60. The molecule has 0 spiro atoms. The highest BCUT2D eigenvalue weighted by atomic mass is 35.5. The summed E-state index contributed by atoms with van der Waals surface area (Å²) < 4.78 is 12.0. The second-order valence-electron chi connectivity index (χ2n) is 8.67. The van der Waals surface area contributed by atoms with Crippen LogP contribution in [-0.2, 0) is 0 Å². The summed E-state index contributed by atoms with van der Waals surface area (Å²) in [5.41, 5.74) is 1.28. The average Bonchev–Trinajstić information content (AvgIpc) is 3.41. The number of carbonyl (C=O) groups excluding carboxylic acids is 2. The van der Waals surface area contributed by atoms with Gasteiger partial charge in [-0.3, -0.25) is 9.78 Å². The molecule has 4 N–H and O–H groups in total. The number of nitrogens with zero attached hydrogens (tertiary/aromatic N) is 2. The molecule has 1 aliphatic heterocycles. The first kappa shape index (κ1) is 26.5. The summed E-state index contributed by atoms with van der Waals surface area (Å²) in [5, 5.41) is 19.1. The molecule has 2 aromatic carbocycles. The fraction of sp³-hybridized carbons (Fsp3) is 0.346. The van der Waals surface area contributed by atoms with Gasteiger partial charge in [0.25, 0.3) is 5.91 Å². The van der Waals surface area contributed by atoms with E-state index in [2.05, 4.69) is 25.8 Å². The summed E-state index contributed by atoms with van der Waals surface area (Å²) in [6, 6.07) is 9.49. The molecule has 37 heavy (non-hydrogen) atoms. The number of likely N-dealkylation sites (tertiary alicyclic amines) is 1. The molecule has 11 heteroatoms. The number of rotatable bonds is 9. The largest absolute Gasteiger partial charge is 0.490 e. The van der Waals surface area contributed by atoms with Crippen molar-refractivity contribution in [1.82, 2.24) is 20.5 Å². The molecule has 2 heterocycles. The average molecular weight is 528 g/mol. The van der Waals surface area contributed by atoms with Crippen molar-refractivity contribution < 1.29 is 24.2 Å². The second kappa shape index (κ2) is 12.1. The van der Waals surface area contributed by atoms with Crippen molar-refractivity contribution in [1.29, 1.82) is 0 Å². The maximum atomic E-state index is 12.7. The highest BCUT2D eigenvalue weighted by Gasteiger charge is 2.20. The lowest BCUT2D eigenvalue weighted by molar-refractivity contribution is 0.0746. The molecule has 0 radical (unpaired) electrons. The Morgan fingerprint density at radius 1 is 1.11 bits per heavy atom. The van der Waals surface area contributed by atoms with E-state index in [1.807, 2.05) is 0 Å². The maximum Gasteiger partial charge on any atom is 0.319 e. The fourth-order valence-electron chi connectivity index (χ4n) is 4.14. The number of nitrogens with one attached hydrogen (secondary N) is 3. The SMILES string of the molecule is CNC(=O)Nc1ccc(Oc2ccnc3cc(OC[C@@H](O)CN4CCCC4)c(C(=O)NC)cc23)cc1Cl. The molecule has 196 valence electrons. The zero-order valence-corrected chi connectivity index (χ0v) is 21.5. The van der Waals surface area contributed by atoms with Crippen molar-refractivity contribution in [3.8, 4) is 17.2 Å². The second-order valence-corrected chi connectivity index (χ2v) is 9.08. The van der Waals surface area contributed by atoms with Crippen LogP contribution in [-0.4, -0.2) is 73.4 Å². The smallest absolute Gasteiger partial charge is 0.319 e. The van der Waals surface area contributed by atoms with Gasteiger partial charge in [0, 0.05) is 44.4 Å². The lowest BCUT2D eigenvalue weighted by Crippen LogP contribution is -2.34. The molecular formula is C26H30ClN5O5. The summed E-state index contributed by atoms with van der Waals surface area (Å²) in [7, 11) is 3.05. The molecule has 1 atom stereocenters. The molecule has 0 bridgehead atoms. The maximum absolute atomic E-state index is 12.7. The Labute approximate surface area is 219 Å². The first-order valence-electron chi connectivity index (χ1n) is 12.0. The van der Waals surface area contributed by atoms with Gasteiger partial charge in [0.1, 0.15) is 30.0 Å². The third kappa shape index (κ3) is 6.59. The normalized spacial score (nSPS) is 14.3. The molecule has 3 aromatic rings. The third-order valence-electron chi connectivity index (χ3n) is 6.02. The van der Waals surface area contributed by atoms with Gasteiger partial charge in [0.05, 0.1) is 21.8 Å². The zero-order chi connectivity index (χ0) is 26.4. The Kier molecular flexibility index (Phi) is 8.65. The number of amides is 3. The first-order chi connectivity index (χ1) is 17.9. The van der Waals surface area contributed by atoms with Crippen LogP contribution in [0.2, 0.25) is 5.02 Å². The number of aromatic nitrogens is 1. The predicted octanol–water partition coefficient (Wildman–Crippen LogP) is 3.63. The number of urea groups is 1. The monoisotopic (exact) mass is 527 g/mol. The van der Waals surface area contributed by atoms with Gasteiger partial charge in [0.2, 0.25) is 0 Å². The van der Waals surface area contributed by atoms with Gasteiger partial charge in [-0.05, 0) is 50.2 Å². The molecular weight excluding hydrogens is 498 g/mol. The van der Waals surface area contributed by atoms with Crippen LogP contribution in [0.1, 0.15) is 23.2 Å². The standard InChI is InChI=1S/C26H30ClN5O5/c1-28-25(34)19-12-18-22(13-24(19)36-15-16(33)14-32-9-3-4-10-32)30-8-7-23(18)37-17-5-6-21(20(27)11-17)31-26(35)29-2/h5-8,11-13,16,33H,3-4,9-10,14-15H2,1-2H3,(H,28,34)(H2,29,31,35)/t16-/m0/s1. The van der Waals surface area contributed by atoms with Crippen molar-refractivity contribution in [2.75, 3.05) is 45.7 Å². The number of ether oxygens (including phenoxy) is 2. The topological polar surface area (TPSA) is 125 Å². The molecule has 10 nitrogen and oxygen atoms in total. The van der Waals surface area contributed by atoms with Gasteiger partial charge in [0.15, 0.2) is 0 Å². The van der Waals surface area contributed by atoms with Crippen LogP contribution >= 0.6 is 11.6 Å². The highest BCUT2D eigenvalue weighted by molar-refractivity contribution is 6.33. The predicted molar refractivity (Wildman–Crippen MR) is 142 cm³/mol. The van der Waals surface area contributed by atoms with Gasteiger partial charge in [-0.2, -0.15) is 0 Å². The van der Waals surface area contributed by atoms with Gasteiger partial charge < -0.3 is 35.4 Å². The van der Waals surface area contributed by atoms with E-state index in [4.69, 9.17) is 21.1 Å². The lowest BCUT2D eigenvalue weighted by Gasteiger charge is -2.20. The summed E-state index contributed by atoms with van der Waals surface area (Å²) in [6.07, 6.45) is 3.18. The van der Waals surface area contributed by atoms with Crippen molar-refractivity contribution in [3.05, 3.63) is 53.2 Å². The molecule has 4 rings (SSSR count). The molecule has 0 saturated carbocycles. The Morgan fingerprint density at radius 3 is 2.59 bits per heavy atom. The third-order valence-corrected chi connectivity index (χ3v) is 6.33. The number of hydrogen-bond acceptors (Lipinski definition) is 7. The van der Waals surface area contributed by atoms with E-state index < -0.39 is 6.10 Å². The number of pyridine rings is 1. The number of aliphatic hydroxyl groups excluding tert-OH is 1. The summed E-state index contributed by atoms with van der Waals surface area (Å²) >= 11 is 6.31. The molecule has 1 aliphatic rings. The fourth-order valence-corrected chi connectivity index (χ4v) is 4.36. The van der Waals surface area contributed by atoms with Crippen LogP contribution in [0.3, 0.4) is 0 Å². The minimum atomic E-state index is -0.681. The molecule has 1 fully saturated rings. The minimum Gasteiger partial charge on any atom is -0.490 e. The van der Waals surface area contributed by atoms with E-state index in [0.717, 1.165) is 25.9 Å². The van der Waals surface area contributed by atoms with Crippen LogP contribution in [0.25, 0.3) is 10.9 Å². The van der Waals surface area contributed by atoms with Crippen LogP contribution in [0.15, 0.2) is 42.6 Å². The van der Waals surface area contributed by atoms with E-state index >= 15 is 0 Å². The van der Waals surface area contributed by atoms with Crippen LogP contribution in [0.5, 0.6) is 17.2 Å². The molecule has 1 saturated heterocycles. The van der Waals surface area contributed by atoms with Crippen LogP contribution in [0.4, 0.5) is 10.5 Å². The zero-order valence-electron chi connectivity index (χ0n) is 20.7. The van der Waals surface area contributed by atoms with E-state index in [1.54, 1.807) is 42.6 Å². The van der Waals surface area contributed by atoms with Crippen molar-refractivity contribution >= 4 is 40.1 Å². The van der Waals surface area contributed by atoms with Crippen LogP contribution in [0, 0.1) is 0 Å². The molecule has 1 aromatic heterocycles. The summed E-state index contributed by atoms with van der Waals surface area (Å²) in [4.78, 5) is 30.9. The number of fused-ring (bicyclic) bond motifs is 1. The van der Waals surface area contributed by atoms with Crippen molar-refractivity contribution in [2.45, 2.75) is 18.9 Å². The summed E-state index contributed by atoms with van der Waals surface area (Å²) in [5.74, 6) is 0.878. The summed E-state index contributed by atoms with van der Waals surface area (Å²) in [6.45, 7) is 2.53. The van der Waals surface area contributed by atoms with Gasteiger partial charge >= 0.3 is 6.03 Å². The van der Waals surface area contributed by atoms with Gasteiger partial charge in [-0.15, -0.1) is 0 Å². The molecule has 3 amide bonds. The Bertz CT molecular complexity index is 1280. The molecule has 0 aliphatic carbocycles. The number of aliphatic hydroxyl groups is 1. The first-order valence-corrected chi connectivity index (χ1v) is 12.4. The molecule has 0 unspecified atom stereocenters. The minimum absolute atomic E-state index is 0.0527. The van der Waals surface area contributed by atoms with Crippen molar-refractivity contribution in [3.63, 3.8) is 0 Å². The van der Waals surface area contributed by atoms with E-state index in [1.165, 1.54) is 14.1 Å². The Morgan fingerprint density at radius 2 is 1.89 bits per heavy atom. The quantitative estimate of drug-likeness (QED) is 0.335. The number of benzene rings is 2. The number of anilines is 1. The lowest BCUT2D eigenvalue weighted by atomic mass is 10.1. The number of β-amino-alcohol motifs (C(OH)–C–C–N with tert-alkyl or cyclic N) is 1.